The Morgan fingerprint density at radius 3 is 2.50 bits per heavy atom. The zero-order valence-corrected chi connectivity index (χ0v) is 19.0. The minimum atomic E-state index is -0.447. The molecule has 8 heteroatoms. The van der Waals surface area contributed by atoms with Crippen LogP contribution in [-0.2, 0) is 6.73 Å². The van der Waals surface area contributed by atoms with Crippen molar-refractivity contribution in [2.75, 3.05) is 5.32 Å². The summed E-state index contributed by atoms with van der Waals surface area (Å²) >= 11 is 9.48. The van der Waals surface area contributed by atoms with Crippen molar-refractivity contribution in [1.29, 1.82) is 0 Å². The molecule has 0 bridgehead atoms. The number of aromatic nitrogens is 2. The first-order chi connectivity index (χ1) is 15.5. The molecule has 160 valence electrons. The van der Waals surface area contributed by atoms with Gasteiger partial charge in [-0.25, -0.2) is 4.68 Å². The van der Waals surface area contributed by atoms with Gasteiger partial charge in [-0.05, 0) is 48.5 Å². The number of halogens is 2. The average Bonchev–Trinajstić information content (AvgIpc) is 3.29. The van der Waals surface area contributed by atoms with Crippen molar-refractivity contribution in [1.82, 2.24) is 9.78 Å². The Morgan fingerprint density at radius 1 is 1.00 bits per heavy atom. The van der Waals surface area contributed by atoms with Gasteiger partial charge < -0.3 is 10.1 Å². The Hall–Kier alpha value is -3.42. The minimum absolute atomic E-state index is 0.146. The summed E-state index contributed by atoms with van der Waals surface area (Å²) < 4.78 is 8.12. The lowest BCUT2D eigenvalue weighted by Crippen LogP contribution is -2.16. The van der Waals surface area contributed by atoms with Crippen LogP contribution in [0.15, 0.2) is 89.5 Å². The van der Waals surface area contributed by atoms with Gasteiger partial charge in [0.25, 0.3) is 5.91 Å². The molecule has 0 fully saturated rings. The van der Waals surface area contributed by atoms with Crippen molar-refractivity contribution in [3.8, 4) is 5.75 Å². The molecule has 1 amide bonds. The molecule has 0 spiro atoms. The average molecular weight is 511 g/mol. The number of hydrogen-bond acceptors (Lipinski definition) is 4. The molecule has 6 nitrogen and oxygen atoms in total. The fraction of sp³-hybridized carbons (Fsp3) is 0.0417. The number of anilines is 1. The molecule has 32 heavy (non-hydrogen) atoms. The zero-order chi connectivity index (χ0) is 22.5. The number of ether oxygens (including phenoxy) is 1. The quantitative estimate of drug-likeness (QED) is 0.318. The van der Waals surface area contributed by atoms with E-state index in [0.29, 0.717) is 27.6 Å². The van der Waals surface area contributed by atoms with E-state index in [4.69, 9.17) is 16.3 Å². The maximum Gasteiger partial charge on any atom is 0.276 e. The van der Waals surface area contributed by atoms with Crippen LogP contribution in [0.5, 0.6) is 5.75 Å². The summed E-state index contributed by atoms with van der Waals surface area (Å²) in [5.74, 6) is -0.00594. The van der Waals surface area contributed by atoms with Crippen molar-refractivity contribution in [3.05, 3.63) is 111 Å². The summed E-state index contributed by atoms with van der Waals surface area (Å²) in [6.07, 6.45) is 1.64. The number of benzene rings is 3. The van der Waals surface area contributed by atoms with E-state index in [1.165, 1.54) is 10.7 Å². The van der Waals surface area contributed by atoms with Crippen LogP contribution in [0.2, 0.25) is 5.02 Å². The maximum absolute atomic E-state index is 12.9. The van der Waals surface area contributed by atoms with E-state index < -0.39 is 5.91 Å². The molecular formula is C24H17BrClN3O3. The summed E-state index contributed by atoms with van der Waals surface area (Å²) in [6.45, 7) is 0.146. The van der Waals surface area contributed by atoms with Crippen LogP contribution in [0.25, 0.3) is 0 Å². The molecule has 0 aliphatic rings. The van der Waals surface area contributed by atoms with Gasteiger partial charge in [-0.15, -0.1) is 0 Å². The van der Waals surface area contributed by atoms with E-state index in [0.717, 1.165) is 4.47 Å². The third-order valence-corrected chi connectivity index (χ3v) is 5.32. The van der Waals surface area contributed by atoms with Crippen LogP contribution in [0.4, 0.5) is 5.69 Å². The fourth-order valence-corrected chi connectivity index (χ4v) is 3.41. The minimum Gasteiger partial charge on any atom is -0.471 e. The Labute approximate surface area is 197 Å². The van der Waals surface area contributed by atoms with Gasteiger partial charge in [-0.1, -0.05) is 57.9 Å². The molecule has 0 unspecified atom stereocenters. The van der Waals surface area contributed by atoms with Crippen LogP contribution in [0.1, 0.15) is 26.4 Å². The number of carbonyl (C=O) groups excluding carboxylic acids is 2. The molecule has 4 rings (SSSR count). The predicted molar refractivity (Wildman–Crippen MR) is 126 cm³/mol. The molecule has 1 N–H and O–H groups in total. The smallest absolute Gasteiger partial charge is 0.276 e. The number of nitrogens with zero attached hydrogens (tertiary/aromatic N) is 2. The van der Waals surface area contributed by atoms with Gasteiger partial charge in [0.2, 0.25) is 0 Å². The maximum atomic E-state index is 12.9. The third kappa shape index (κ3) is 5.25. The van der Waals surface area contributed by atoms with Gasteiger partial charge in [-0.3, -0.25) is 9.59 Å². The highest BCUT2D eigenvalue weighted by atomic mass is 79.9. The van der Waals surface area contributed by atoms with Gasteiger partial charge in [0.1, 0.15) is 5.75 Å². The second-order valence-electron chi connectivity index (χ2n) is 6.81. The van der Waals surface area contributed by atoms with E-state index in [1.54, 1.807) is 48.7 Å². The summed E-state index contributed by atoms with van der Waals surface area (Å²) in [5.41, 5.74) is 1.35. The number of carbonyl (C=O) groups is 2. The SMILES string of the molecule is O=C(Nc1ccc(Cl)cc1C(=O)c1ccccc1)c1ccn(COc2ccc(Br)cc2)n1. The molecule has 0 aliphatic carbocycles. The number of nitrogens with one attached hydrogen (secondary N) is 1. The van der Waals surface area contributed by atoms with Gasteiger partial charge in [0, 0.05) is 26.8 Å². The van der Waals surface area contributed by atoms with Crippen molar-refractivity contribution >= 4 is 44.9 Å². The van der Waals surface area contributed by atoms with Crippen molar-refractivity contribution in [2.24, 2.45) is 0 Å². The standard InChI is InChI=1S/C24H17BrClN3O3/c25-17-6-9-19(10-7-17)32-15-29-13-12-22(28-29)24(31)27-21-11-8-18(26)14-20(21)23(30)16-4-2-1-3-5-16/h1-14H,15H2,(H,27,31). The first-order valence-electron chi connectivity index (χ1n) is 9.62. The largest absolute Gasteiger partial charge is 0.471 e. The van der Waals surface area contributed by atoms with Crippen LogP contribution >= 0.6 is 27.5 Å². The molecule has 0 aliphatic heterocycles. The lowest BCUT2D eigenvalue weighted by Gasteiger charge is -2.10. The van der Waals surface area contributed by atoms with E-state index in [1.807, 2.05) is 30.3 Å². The Bertz CT molecular complexity index is 1260. The number of amides is 1. The van der Waals surface area contributed by atoms with Crippen molar-refractivity contribution in [3.63, 3.8) is 0 Å². The zero-order valence-electron chi connectivity index (χ0n) is 16.7. The van der Waals surface area contributed by atoms with E-state index >= 15 is 0 Å². The summed E-state index contributed by atoms with van der Waals surface area (Å²) in [5, 5.41) is 7.41. The topological polar surface area (TPSA) is 73.2 Å². The molecule has 0 saturated heterocycles. The Morgan fingerprint density at radius 2 is 1.75 bits per heavy atom. The molecule has 0 atom stereocenters. The first kappa shape index (κ1) is 21.8. The molecule has 3 aromatic carbocycles. The van der Waals surface area contributed by atoms with Crippen LogP contribution in [0, 0.1) is 0 Å². The summed E-state index contributed by atoms with van der Waals surface area (Å²) in [7, 11) is 0. The Kier molecular flexibility index (Phi) is 6.68. The van der Waals surface area contributed by atoms with Crippen LogP contribution in [0.3, 0.4) is 0 Å². The number of ketones is 1. The van der Waals surface area contributed by atoms with E-state index in [2.05, 4.69) is 26.3 Å². The molecule has 1 aromatic heterocycles. The van der Waals surface area contributed by atoms with Crippen LogP contribution < -0.4 is 10.1 Å². The van der Waals surface area contributed by atoms with Gasteiger partial charge in [0.05, 0.1) is 5.69 Å². The normalized spacial score (nSPS) is 10.6. The van der Waals surface area contributed by atoms with Gasteiger partial charge in [0.15, 0.2) is 18.2 Å². The lowest BCUT2D eigenvalue weighted by atomic mass is 10.0. The summed E-state index contributed by atoms with van der Waals surface area (Å²) in [4.78, 5) is 25.7. The number of rotatable bonds is 7. The predicted octanol–water partition coefficient (Wildman–Crippen LogP) is 5.82. The van der Waals surface area contributed by atoms with Crippen molar-refractivity contribution < 1.29 is 14.3 Å². The first-order valence-corrected chi connectivity index (χ1v) is 10.8. The Balaban J connectivity index is 1.47. The molecule has 0 saturated carbocycles. The van der Waals surface area contributed by atoms with Gasteiger partial charge in [-0.2, -0.15) is 5.10 Å². The van der Waals surface area contributed by atoms with E-state index in [-0.39, 0.29) is 18.2 Å². The van der Waals surface area contributed by atoms with Crippen LogP contribution in [-0.4, -0.2) is 21.5 Å². The highest BCUT2D eigenvalue weighted by molar-refractivity contribution is 9.10. The fourth-order valence-electron chi connectivity index (χ4n) is 2.97. The molecule has 0 radical (unpaired) electrons. The molecule has 4 aromatic rings. The molecular weight excluding hydrogens is 494 g/mol. The highest BCUT2D eigenvalue weighted by Crippen LogP contribution is 2.24. The monoisotopic (exact) mass is 509 g/mol. The number of hydrogen-bond donors (Lipinski definition) is 1. The highest BCUT2D eigenvalue weighted by Gasteiger charge is 2.18. The lowest BCUT2D eigenvalue weighted by molar-refractivity contribution is 0.102. The van der Waals surface area contributed by atoms with E-state index in [9.17, 15) is 9.59 Å². The second kappa shape index (κ2) is 9.80. The summed E-state index contributed by atoms with van der Waals surface area (Å²) in [6, 6.07) is 22.5. The van der Waals surface area contributed by atoms with Crippen molar-refractivity contribution in [2.45, 2.75) is 6.73 Å². The molecule has 1 heterocycles. The second-order valence-corrected chi connectivity index (χ2v) is 8.16. The van der Waals surface area contributed by atoms with Gasteiger partial charge >= 0.3 is 0 Å². The third-order valence-electron chi connectivity index (χ3n) is 4.56.